The molecular weight excluding hydrogens is 666 g/mol. The monoisotopic (exact) mass is 685 g/mol. The average Bonchev–Trinajstić information content (AvgIpc) is 2.93. The van der Waals surface area contributed by atoms with Crippen LogP contribution in [0.5, 0.6) is 11.9 Å². The summed E-state index contributed by atoms with van der Waals surface area (Å²) >= 11 is 12.2. The summed E-state index contributed by atoms with van der Waals surface area (Å²) < 4.78 is 42.5. The predicted octanol–water partition coefficient (Wildman–Crippen LogP) is 4.66. The zero-order valence-electron chi connectivity index (χ0n) is 19.9. The van der Waals surface area contributed by atoms with Gasteiger partial charge in [-0.15, -0.1) is 0 Å². The van der Waals surface area contributed by atoms with Crippen LogP contribution >= 0.6 is 43.5 Å². The first kappa shape index (κ1) is 29.6. The van der Waals surface area contributed by atoms with Crippen LogP contribution in [0.3, 0.4) is 0 Å². The van der Waals surface area contributed by atoms with Crippen molar-refractivity contribution in [2.45, 2.75) is 6.54 Å². The molecule has 0 fully saturated rings. The molecule has 200 valence electrons. The van der Waals surface area contributed by atoms with E-state index < -0.39 is 10.2 Å². The van der Waals surface area contributed by atoms with Crippen molar-refractivity contribution in [2.75, 3.05) is 23.8 Å². The van der Waals surface area contributed by atoms with Crippen molar-refractivity contribution in [2.24, 2.45) is 0 Å². The van der Waals surface area contributed by atoms with E-state index in [4.69, 9.17) is 21.1 Å². The van der Waals surface area contributed by atoms with Gasteiger partial charge in [-0.3, -0.25) is 9.71 Å². The van der Waals surface area contributed by atoms with Crippen LogP contribution in [0.15, 0.2) is 72.0 Å². The Morgan fingerprint density at radius 2 is 1.66 bits per heavy atom. The van der Waals surface area contributed by atoms with Gasteiger partial charge in [0.2, 0.25) is 5.88 Å². The van der Waals surface area contributed by atoms with Gasteiger partial charge in [-0.25, -0.2) is 19.9 Å². The van der Waals surface area contributed by atoms with Crippen LogP contribution in [-0.4, -0.2) is 52.4 Å². The number of rotatable bonds is 11. The van der Waals surface area contributed by atoms with E-state index in [-0.39, 0.29) is 37.5 Å². The maximum absolute atomic E-state index is 12.8. The van der Waals surface area contributed by atoms with Gasteiger partial charge in [0, 0.05) is 36.4 Å². The van der Waals surface area contributed by atoms with Crippen LogP contribution < -0.4 is 18.9 Å². The molecule has 4 rings (SSSR count). The van der Waals surface area contributed by atoms with Crippen LogP contribution in [0, 0.1) is 0 Å². The van der Waals surface area contributed by atoms with Gasteiger partial charge in [-0.1, -0.05) is 45.7 Å². The van der Waals surface area contributed by atoms with Crippen LogP contribution in [0.25, 0.3) is 11.1 Å². The molecular formula is C23H22Br2ClN7O4S. The highest BCUT2D eigenvalue weighted by atomic mass is 79.9. The molecule has 0 unspecified atom stereocenters. The summed E-state index contributed by atoms with van der Waals surface area (Å²) in [5.74, 6) is 1.99. The van der Waals surface area contributed by atoms with Crippen molar-refractivity contribution in [3.8, 4) is 23.0 Å². The Bertz CT molecular complexity index is 1400. The molecule has 0 aliphatic carbocycles. The molecule has 0 spiro atoms. The fraction of sp³-hybridized carbons (Fsp3) is 0.174. The van der Waals surface area contributed by atoms with Gasteiger partial charge >= 0.3 is 16.2 Å². The lowest BCUT2D eigenvalue weighted by molar-refractivity contribution is 0.202. The number of benzene rings is 1. The number of hydrogen-bond donors (Lipinski definition) is 2. The van der Waals surface area contributed by atoms with E-state index in [1.165, 1.54) is 6.33 Å². The number of hydrogen-bond acceptors (Lipinski definition) is 9. The molecule has 11 nitrogen and oxygen atoms in total. The third-order valence-corrected chi connectivity index (χ3v) is 6.16. The van der Waals surface area contributed by atoms with Crippen molar-refractivity contribution in [3.63, 3.8) is 0 Å². The SMILES string of the molecule is CBr.O=S(=O)(NCc1cccnc1)Nc1ncnc(OCCOc2ncc(Br)cn2)c1-c1ccc(Cl)cc1. The minimum atomic E-state index is -4.00. The molecule has 0 saturated carbocycles. The average molecular weight is 688 g/mol. The number of alkyl halides is 1. The fourth-order valence-corrected chi connectivity index (χ4v) is 4.09. The van der Waals surface area contributed by atoms with Crippen LogP contribution in [0.1, 0.15) is 5.56 Å². The van der Waals surface area contributed by atoms with Gasteiger partial charge in [-0.2, -0.15) is 13.1 Å². The maximum atomic E-state index is 12.8. The Balaban J connectivity index is 0.00000195. The summed E-state index contributed by atoms with van der Waals surface area (Å²) in [7, 11) is -4.00. The zero-order valence-corrected chi connectivity index (χ0v) is 24.6. The fourth-order valence-electron chi connectivity index (χ4n) is 2.92. The van der Waals surface area contributed by atoms with E-state index in [1.807, 2.05) is 5.83 Å². The summed E-state index contributed by atoms with van der Waals surface area (Å²) in [5, 5.41) is 0.515. The lowest BCUT2D eigenvalue weighted by atomic mass is 10.1. The van der Waals surface area contributed by atoms with E-state index in [1.54, 1.807) is 61.2 Å². The highest BCUT2D eigenvalue weighted by Crippen LogP contribution is 2.34. The van der Waals surface area contributed by atoms with E-state index in [0.717, 1.165) is 4.47 Å². The van der Waals surface area contributed by atoms with Crippen molar-refractivity contribution >= 4 is 59.5 Å². The van der Waals surface area contributed by atoms with Crippen molar-refractivity contribution in [3.05, 3.63) is 82.6 Å². The first-order chi connectivity index (χ1) is 18.4. The second-order valence-corrected chi connectivity index (χ2v) is 9.93. The molecule has 4 aromatic rings. The minimum Gasteiger partial charge on any atom is -0.473 e. The Labute approximate surface area is 241 Å². The Morgan fingerprint density at radius 1 is 0.947 bits per heavy atom. The van der Waals surface area contributed by atoms with Crippen molar-refractivity contribution in [1.29, 1.82) is 0 Å². The summed E-state index contributed by atoms with van der Waals surface area (Å²) in [6, 6.07) is 10.4. The normalized spacial score (nSPS) is 10.7. The molecule has 0 bridgehead atoms. The summed E-state index contributed by atoms with van der Waals surface area (Å²) in [4.78, 5) is 20.4. The predicted molar refractivity (Wildman–Crippen MR) is 152 cm³/mol. The zero-order chi connectivity index (χ0) is 27.4. The first-order valence-corrected chi connectivity index (χ1v) is 15.0. The first-order valence-electron chi connectivity index (χ1n) is 10.8. The molecule has 0 aliphatic heterocycles. The van der Waals surface area contributed by atoms with Gasteiger partial charge < -0.3 is 9.47 Å². The molecule has 2 N–H and O–H groups in total. The smallest absolute Gasteiger partial charge is 0.316 e. The topological polar surface area (TPSA) is 141 Å². The number of halogens is 3. The van der Waals surface area contributed by atoms with E-state index in [0.29, 0.717) is 21.7 Å². The number of pyridine rings is 1. The Morgan fingerprint density at radius 3 is 2.34 bits per heavy atom. The van der Waals surface area contributed by atoms with Crippen LogP contribution in [0.4, 0.5) is 5.82 Å². The third-order valence-electron chi connectivity index (χ3n) is 4.52. The molecule has 3 aromatic heterocycles. The molecule has 0 saturated heterocycles. The molecule has 3 heterocycles. The second kappa shape index (κ2) is 14.9. The minimum absolute atomic E-state index is 0.0261. The second-order valence-electron chi connectivity index (χ2n) is 7.08. The van der Waals surface area contributed by atoms with Gasteiger partial charge in [0.05, 0.1) is 10.0 Å². The van der Waals surface area contributed by atoms with Gasteiger partial charge in [-0.05, 0) is 51.1 Å². The molecule has 0 radical (unpaired) electrons. The number of anilines is 1. The standard InChI is InChI=1S/C22H19BrClN7O4S.CH3Br/c23-17-12-26-22(27-13-17)35-9-8-34-21-19(16-3-5-18(24)6-4-16)20(28-14-29-21)31-36(32,33)30-11-15-2-1-7-25-10-15;1-2/h1-7,10,12-14,30H,8-9,11H2,(H,28,29,31);1H3. The molecule has 0 amide bonds. The van der Waals surface area contributed by atoms with Crippen LogP contribution in [0.2, 0.25) is 5.02 Å². The summed E-state index contributed by atoms with van der Waals surface area (Å²) in [5.41, 5.74) is 1.63. The third kappa shape index (κ3) is 9.13. The lowest BCUT2D eigenvalue weighted by Crippen LogP contribution is -2.30. The Hall–Kier alpha value is -2.91. The maximum Gasteiger partial charge on any atom is 0.316 e. The van der Waals surface area contributed by atoms with Gasteiger partial charge in [0.15, 0.2) is 5.82 Å². The van der Waals surface area contributed by atoms with Crippen LogP contribution in [-0.2, 0) is 16.8 Å². The number of aromatic nitrogens is 5. The number of nitrogens with one attached hydrogen (secondary N) is 2. The highest BCUT2D eigenvalue weighted by molar-refractivity contribution is 9.10. The van der Waals surface area contributed by atoms with Crippen molar-refractivity contribution < 1.29 is 17.9 Å². The van der Waals surface area contributed by atoms with Crippen molar-refractivity contribution in [1.82, 2.24) is 29.6 Å². The lowest BCUT2D eigenvalue weighted by Gasteiger charge is -2.16. The largest absolute Gasteiger partial charge is 0.473 e. The molecule has 38 heavy (non-hydrogen) atoms. The van der Waals surface area contributed by atoms with Gasteiger partial charge in [0.1, 0.15) is 19.5 Å². The quantitative estimate of drug-likeness (QED) is 0.170. The van der Waals surface area contributed by atoms with E-state index in [2.05, 4.69) is 66.2 Å². The molecule has 0 aliphatic rings. The van der Waals surface area contributed by atoms with E-state index >= 15 is 0 Å². The van der Waals surface area contributed by atoms with Gasteiger partial charge in [0.25, 0.3) is 0 Å². The Kier molecular flexibility index (Phi) is 11.6. The molecule has 15 heteroatoms. The number of nitrogens with zero attached hydrogens (tertiary/aromatic N) is 5. The van der Waals surface area contributed by atoms with E-state index in [9.17, 15) is 8.42 Å². The molecule has 1 aromatic carbocycles. The summed E-state index contributed by atoms with van der Waals surface area (Å²) in [6.45, 7) is 0.255. The highest BCUT2D eigenvalue weighted by Gasteiger charge is 2.20. The molecule has 0 atom stereocenters. The number of ether oxygens (including phenoxy) is 2. The summed E-state index contributed by atoms with van der Waals surface area (Å²) in [6.07, 6.45) is 7.50.